The fourth-order valence-electron chi connectivity index (χ4n) is 3.63. The smallest absolute Gasteiger partial charge is 0.251 e. The predicted octanol–water partition coefficient (Wildman–Crippen LogP) is 3.25. The molecule has 2 fully saturated rings. The third-order valence-electron chi connectivity index (χ3n) is 5.20. The second-order valence-electron chi connectivity index (χ2n) is 7.29. The lowest BCUT2D eigenvalue weighted by Gasteiger charge is -2.17. The average Bonchev–Trinajstić information content (AvgIpc) is 3.04. The fraction of sp³-hybridized carbons (Fsp3) is 0.632. The van der Waals surface area contributed by atoms with Crippen molar-refractivity contribution in [2.45, 2.75) is 68.4 Å². The van der Waals surface area contributed by atoms with Crippen LogP contribution in [0.3, 0.4) is 0 Å². The third kappa shape index (κ3) is 5.67. The van der Waals surface area contributed by atoms with E-state index in [9.17, 15) is 13.2 Å². The molecule has 1 aromatic carbocycles. The normalized spacial score (nSPS) is 21.7. The van der Waals surface area contributed by atoms with Gasteiger partial charge in [0.15, 0.2) is 0 Å². The van der Waals surface area contributed by atoms with Gasteiger partial charge in [0.05, 0.1) is 11.1 Å². The molecule has 0 radical (unpaired) electrons. The molecule has 1 heterocycles. The van der Waals surface area contributed by atoms with E-state index in [0.29, 0.717) is 12.2 Å². The molecule has 0 spiro atoms. The van der Waals surface area contributed by atoms with Crippen LogP contribution >= 0.6 is 11.6 Å². The molecule has 0 unspecified atom stereocenters. The highest BCUT2D eigenvalue weighted by atomic mass is 35.5. The Morgan fingerprint density at radius 2 is 1.85 bits per heavy atom. The lowest BCUT2D eigenvalue weighted by molar-refractivity contribution is 0.0933. The van der Waals surface area contributed by atoms with E-state index in [4.69, 9.17) is 16.3 Å². The van der Waals surface area contributed by atoms with Crippen molar-refractivity contribution in [3.05, 3.63) is 28.8 Å². The Balaban J connectivity index is 1.69. The molecule has 1 atom stereocenters. The molecule has 0 aromatic heterocycles. The Morgan fingerprint density at radius 3 is 2.52 bits per heavy atom. The standard InChI is InChI=1S/C19H27ClN2O4S/c20-17-10-9-14(19(23)22-15-6-3-1-2-4-7-15)12-18(17)27(24,25)21-13-16-8-5-11-26-16/h9-10,12,15-16,21H,1-8,11,13H2,(H,22,23)/t16-/m0/s1. The van der Waals surface area contributed by atoms with Gasteiger partial charge in [-0.1, -0.05) is 37.3 Å². The summed E-state index contributed by atoms with van der Waals surface area (Å²) in [6.07, 6.45) is 8.21. The highest BCUT2D eigenvalue weighted by molar-refractivity contribution is 7.89. The molecule has 1 saturated carbocycles. The van der Waals surface area contributed by atoms with E-state index in [1.54, 1.807) is 6.07 Å². The summed E-state index contributed by atoms with van der Waals surface area (Å²) in [5.41, 5.74) is 0.307. The van der Waals surface area contributed by atoms with Crippen LogP contribution in [-0.4, -0.2) is 39.6 Å². The second kappa shape index (κ2) is 9.37. The van der Waals surface area contributed by atoms with Crippen LogP contribution in [0.25, 0.3) is 0 Å². The molecule has 6 nitrogen and oxygen atoms in total. The summed E-state index contributed by atoms with van der Waals surface area (Å²) >= 11 is 6.11. The molecule has 1 aromatic rings. The summed E-state index contributed by atoms with van der Waals surface area (Å²) in [5.74, 6) is -0.255. The van der Waals surface area contributed by atoms with Crippen molar-refractivity contribution in [1.82, 2.24) is 10.0 Å². The second-order valence-corrected chi connectivity index (χ2v) is 9.44. The molecule has 1 saturated heterocycles. The summed E-state index contributed by atoms with van der Waals surface area (Å²) in [6, 6.07) is 4.53. The Morgan fingerprint density at radius 1 is 1.11 bits per heavy atom. The van der Waals surface area contributed by atoms with Crippen LogP contribution in [0.5, 0.6) is 0 Å². The van der Waals surface area contributed by atoms with Gasteiger partial charge in [0.2, 0.25) is 10.0 Å². The lowest BCUT2D eigenvalue weighted by atomic mass is 10.1. The molecule has 8 heteroatoms. The SMILES string of the molecule is O=C(NC1CCCCCC1)c1ccc(Cl)c(S(=O)(=O)NC[C@@H]2CCCO2)c1. The third-order valence-corrected chi connectivity index (χ3v) is 7.10. The van der Waals surface area contributed by atoms with Crippen LogP contribution in [0.15, 0.2) is 23.1 Å². The van der Waals surface area contributed by atoms with Gasteiger partial charge in [-0.2, -0.15) is 0 Å². The molecule has 1 aliphatic heterocycles. The lowest BCUT2D eigenvalue weighted by Crippen LogP contribution is -2.35. The molecular weight excluding hydrogens is 388 g/mol. The topological polar surface area (TPSA) is 84.5 Å². The molecule has 2 aliphatic rings. The van der Waals surface area contributed by atoms with Crippen LogP contribution in [0.2, 0.25) is 5.02 Å². The molecule has 1 amide bonds. The van der Waals surface area contributed by atoms with Crippen molar-refractivity contribution in [3.63, 3.8) is 0 Å². The van der Waals surface area contributed by atoms with Gasteiger partial charge in [-0.15, -0.1) is 0 Å². The number of hydrogen-bond donors (Lipinski definition) is 2. The first-order chi connectivity index (χ1) is 13.0. The quantitative estimate of drug-likeness (QED) is 0.700. The van der Waals surface area contributed by atoms with Crippen molar-refractivity contribution >= 4 is 27.5 Å². The molecule has 150 valence electrons. The number of rotatable bonds is 6. The van der Waals surface area contributed by atoms with E-state index in [-0.39, 0.29) is 34.5 Å². The zero-order valence-corrected chi connectivity index (χ0v) is 16.9. The zero-order valence-electron chi connectivity index (χ0n) is 15.4. The van der Waals surface area contributed by atoms with Gasteiger partial charge in [0, 0.05) is 24.8 Å². The minimum atomic E-state index is -3.82. The number of amides is 1. The molecule has 0 bridgehead atoms. The van der Waals surface area contributed by atoms with Gasteiger partial charge in [0.1, 0.15) is 4.90 Å². The van der Waals surface area contributed by atoms with Gasteiger partial charge < -0.3 is 10.1 Å². The van der Waals surface area contributed by atoms with Crippen molar-refractivity contribution in [2.24, 2.45) is 0 Å². The maximum absolute atomic E-state index is 12.6. The van der Waals surface area contributed by atoms with E-state index < -0.39 is 10.0 Å². The molecular formula is C19H27ClN2O4S. The summed E-state index contributed by atoms with van der Waals surface area (Å²) < 4.78 is 33.3. The summed E-state index contributed by atoms with van der Waals surface area (Å²) in [4.78, 5) is 12.5. The number of carbonyl (C=O) groups excluding carboxylic acids is 1. The monoisotopic (exact) mass is 414 g/mol. The van der Waals surface area contributed by atoms with E-state index in [1.807, 2.05) is 0 Å². The van der Waals surface area contributed by atoms with Gasteiger partial charge in [-0.3, -0.25) is 4.79 Å². The van der Waals surface area contributed by atoms with Crippen LogP contribution in [0.4, 0.5) is 0 Å². The first-order valence-electron chi connectivity index (χ1n) is 9.67. The van der Waals surface area contributed by atoms with Gasteiger partial charge >= 0.3 is 0 Å². The van der Waals surface area contributed by atoms with Crippen LogP contribution in [-0.2, 0) is 14.8 Å². The maximum Gasteiger partial charge on any atom is 0.251 e. The molecule has 27 heavy (non-hydrogen) atoms. The van der Waals surface area contributed by atoms with Crippen LogP contribution in [0, 0.1) is 0 Å². The number of benzene rings is 1. The first-order valence-corrected chi connectivity index (χ1v) is 11.5. The van der Waals surface area contributed by atoms with Crippen molar-refractivity contribution in [1.29, 1.82) is 0 Å². The number of sulfonamides is 1. The minimum Gasteiger partial charge on any atom is -0.377 e. The average molecular weight is 415 g/mol. The Bertz CT molecular complexity index is 755. The summed E-state index contributed by atoms with van der Waals surface area (Å²) in [6.45, 7) is 0.862. The fourth-order valence-corrected chi connectivity index (χ4v) is 5.22. The van der Waals surface area contributed by atoms with Gasteiger partial charge in [-0.05, 0) is 43.9 Å². The minimum absolute atomic E-state index is 0.0734. The molecule has 3 rings (SSSR count). The molecule has 1 aliphatic carbocycles. The van der Waals surface area contributed by atoms with Crippen molar-refractivity contribution < 1.29 is 17.9 Å². The number of nitrogens with one attached hydrogen (secondary N) is 2. The number of hydrogen-bond acceptors (Lipinski definition) is 4. The number of halogens is 1. The van der Waals surface area contributed by atoms with E-state index in [1.165, 1.54) is 25.0 Å². The number of carbonyl (C=O) groups is 1. The van der Waals surface area contributed by atoms with Crippen molar-refractivity contribution in [3.8, 4) is 0 Å². The highest BCUT2D eigenvalue weighted by Gasteiger charge is 2.24. The Labute approximate surface area is 166 Å². The zero-order chi connectivity index (χ0) is 19.3. The maximum atomic E-state index is 12.6. The van der Waals surface area contributed by atoms with E-state index >= 15 is 0 Å². The largest absolute Gasteiger partial charge is 0.377 e. The first kappa shape index (κ1) is 20.6. The summed E-state index contributed by atoms with van der Waals surface area (Å²) in [5, 5.41) is 3.13. The predicted molar refractivity (Wildman–Crippen MR) is 105 cm³/mol. The summed E-state index contributed by atoms with van der Waals surface area (Å²) in [7, 11) is -3.82. The van der Waals surface area contributed by atoms with Gasteiger partial charge in [0.25, 0.3) is 5.91 Å². The number of ether oxygens (including phenoxy) is 1. The highest BCUT2D eigenvalue weighted by Crippen LogP contribution is 2.24. The van der Waals surface area contributed by atoms with Crippen LogP contribution in [0.1, 0.15) is 61.7 Å². The van der Waals surface area contributed by atoms with Gasteiger partial charge in [-0.25, -0.2) is 13.1 Å². The van der Waals surface area contributed by atoms with Crippen LogP contribution < -0.4 is 10.0 Å². The van der Waals surface area contributed by atoms with E-state index in [0.717, 1.165) is 38.5 Å². The Kier molecular flexibility index (Phi) is 7.14. The molecule has 2 N–H and O–H groups in total. The van der Waals surface area contributed by atoms with Crippen molar-refractivity contribution in [2.75, 3.05) is 13.2 Å². The Hall–Kier alpha value is -1.15. The van der Waals surface area contributed by atoms with E-state index in [2.05, 4.69) is 10.0 Å².